The molecule has 0 saturated heterocycles. The first-order chi connectivity index (χ1) is 12.1. The number of benzene rings is 2. The van der Waals surface area contributed by atoms with Gasteiger partial charge in [-0.25, -0.2) is 0 Å². The average Bonchev–Trinajstić information content (AvgIpc) is 2.88. The van der Waals surface area contributed by atoms with Crippen molar-refractivity contribution < 1.29 is 4.92 Å². The fourth-order valence-electron chi connectivity index (χ4n) is 3.14. The molecule has 0 spiro atoms. The first kappa shape index (κ1) is 15.5. The van der Waals surface area contributed by atoms with E-state index in [-0.39, 0.29) is 5.69 Å². The molecular weight excluding hydrogens is 340 g/mol. The summed E-state index contributed by atoms with van der Waals surface area (Å²) < 4.78 is 1.93. The summed E-state index contributed by atoms with van der Waals surface area (Å²) >= 11 is 6.39. The zero-order chi connectivity index (χ0) is 17.6. The summed E-state index contributed by atoms with van der Waals surface area (Å²) in [6.07, 6.45) is 2.56. The van der Waals surface area contributed by atoms with Gasteiger partial charge in [0.2, 0.25) is 0 Å². The highest BCUT2D eigenvalue weighted by molar-refractivity contribution is 6.32. The summed E-state index contributed by atoms with van der Waals surface area (Å²) in [7, 11) is 0. The van der Waals surface area contributed by atoms with Crippen molar-refractivity contribution in [1.82, 2.24) is 14.8 Å². The lowest BCUT2D eigenvalue weighted by molar-refractivity contribution is -0.384. The number of nitro groups is 1. The Bertz CT molecular complexity index is 1040. The molecule has 25 heavy (non-hydrogen) atoms. The van der Waals surface area contributed by atoms with Crippen LogP contribution in [-0.2, 0) is 6.42 Å². The highest BCUT2D eigenvalue weighted by Crippen LogP contribution is 2.37. The van der Waals surface area contributed by atoms with E-state index >= 15 is 0 Å². The van der Waals surface area contributed by atoms with E-state index in [1.165, 1.54) is 6.07 Å². The molecule has 0 radical (unpaired) electrons. The zero-order valence-electron chi connectivity index (χ0n) is 13.3. The quantitative estimate of drug-likeness (QED) is 0.513. The van der Waals surface area contributed by atoms with Gasteiger partial charge in [0.15, 0.2) is 0 Å². The van der Waals surface area contributed by atoms with Gasteiger partial charge < -0.3 is 0 Å². The smallest absolute Gasteiger partial charge is 0.270 e. The lowest BCUT2D eigenvalue weighted by Gasteiger charge is -2.14. The topological polar surface area (TPSA) is 73.8 Å². The maximum absolute atomic E-state index is 11.3. The minimum Gasteiger partial charge on any atom is -0.282 e. The number of allylic oxidation sites excluding steroid dienone is 1. The Morgan fingerprint density at radius 2 is 1.96 bits per heavy atom. The second-order valence-electron chi connectivity index (χ2n) is 5.76. The molecule has 7 heteroatoms. The van der Waals surface area contributed by atoms with Crippen LogP contribution in [0.15, 0.2) is 48.5 Å². The number of fused-ring (bicyclic) bond motifs is 3. The number of nitro benzene ring substituents is 1. The molecule has 0 amide bonds. The Hall–Kier alpha value is -2.99. The van der Waals surface area contributed by atoms with Gasteiger partial charge in [0.05, 0.1) is 10.6 Å². The van der Waals surface area contributed by atoms with Crippen molar-refractivity contribution in [2.45, 2.75) is 13.3 Å². The van der Waals surface area contributed by atoms with Crippen LogP contribution < -0.4 is 0 Å². The van der Waals surface area contributed by atoms with E-state index in [9.17, 15) is 10.1 Å². The van der Waals surface area contributed by atoms with Gasteiger partial charge in [0.1, 0.15) is 11.6 Å². The predicted molar refractivity (Wildman–Crippen MR) is 95.0 cm³/mol. The summed E-state index contributed by atoms with van der Waals surface area (Å²) in [4.78, 5) is 10.9. The molecule has 2 heterocycles. The molecule has 0 bridgehead atoms. The van der Waals surface area contributed by atoms with Crippen LogP contribution >= 0.6 is 11.6 Å². The number of nitrogens with zero attached hydrogens (tertiary/aromatic N) is 4. The Kier molecular flexibility index (Phi) is 3.62. The van der Waals surface area contributed by atoms with E-state index in [0.29, 0.717) is 11.4 Å². The summed E-state index contributed by atoms with van der Waals surface area (Å²) in [5.74, 6) is 1.52. The van der Waals surface area contributed by atoms with Gasteiger partial charge >= 0.3 is 0 Å². The Balaban J connectivity index is 2.03. The highest BCUT2D eigenvalue weighted by atomic mass is 35.5. The Morgan fingerprint density at radius 3 is 2.72 bits per heavy atom. The summed E-state index contributed by atoms with van der Waals surface area (Å²) in [6.45, 7) is 1.86. The molecular formula is C18H13ClN4O2. The minimum absolute atomic E-state index is 0.0332. The molecule has 6 nitrogen and oxygen atoms in total. The van der Waals surface area contributed by atoms with Crippen molar-refractivity contribution in [2.75, 3.05) is 0 Å². The van der Waals surface area contributed by atoms with Gasteiger partial charge in [-0.2, -0.15) is 0 Å². The number of aromatic nitrogens is 3. The number of hydrogen-bond acceptors (Lipinski definition) is 4. The van der Waals surface area contributed by atoms with Crippen LogP contribution in [0.5, 0.6) is 0 Å². The fraction of sp³-hybridized carbons (Fsp3) is 0.111. The van der Waals surface area contributed by atoms with Crippen LogP contribution in [0.4, 0.5) is 5.69 Å². The van der Waals surface area contributed by atoms with Crippen LogP contribution in [-0.4, -0.2) is 19.7 Å². The summed E-state index contributed by atoms with van der Waals surface area (Å²) in [6, 6.07) is 12.3. The van der Waals surface area contributed by atoms with E-state index in [2.05, 4.69) is 10.2 Å². The molecule has 0 N–H and O–H groups in total. The first-order valence-electron chi connectivity index (χ1n) is 7.71. The number of hydrogen-bond donors (Lipinski definition) is 0. The van der Waals surface area contributed by atoms with Gasteiger partial charge in [-0.15, -0.1) is 10.2 Å². The van der Waals surface area contributed by atoms with E-state index in [1.54, 1.807) is 12.1 Å². The van der Waals surface area contributed by atoms with Crippen LogP contribution in [0.2, 0.25) is 5.02 Å². The number of non-ortho nitro benzene ring substituents is 1. The monoisotopic (exact) mass is 352 g/mol. The molecule has 4 rings (SSSR count). The lowest BCUT2D eigenvalue weighted by atomic mass is 9.95. The third-order valence-electron chi connectivity index (χ3n) is 4.27. The predicted octanol–water partition coefficient (Wildman–Crippen LogP) is 4.13. The van der Waals surface area contributed by atoms with Gasteiger partial charge in [-0.3, -0.25) is 14.7 Å². The third kappa shape index (κ3) is 2.51. The van der Waals surface area contributed by atoms with Crippen LogP contribution in [0.1, 0.15) is 22.8 Å². The molecule has 0 aliphatic carbocycles. The molecule has 3 aromatic rings. The molecule has 2 aromatic carbocycles. The Morgan fingerprint density at radius 1 is 1.16 bits per heavy atom. The number of aryl methyl sites for hydroxylation is 1. The molecule has 1 aliphatic heterocycles. The summed E-state index contributed by atoms with van der Waals surface area (Å²) in [5.41, 5.74) is 3.28. The lowest BCUT2D eigenvalue weighted by Crippen LogP contribution is -2.04. The maximum atomic E-state index is 11.3. The van der Waals surface area contributed by atoms with E-state index in [0.717, 1.165) is 34.0 Å². The first-order valence-corrected chi connectivity index (χ1v) is 8.09. The number of rotatable bonds is 2. The largest absolute Gasteiger partial charge is 0.282 e. The van der Waals surface area contributed by atoms with Crippen LogP contribution in [0.25, 0.3) is 11.3 Å². The molecule has 124 valence electrons. The maximum Gasteiger partial charge on any atom is 0.270 e. The van der Waals surface area contributed by atoms with Crippen LogP contribution in [0.3, 0.4) is 0 Å². The van der Waals surface area contributed by atoms with Crippen molar-refractivity contribution in [3.63, 3.8) is 0 Å². The van der Waals surface area contributed by atoms with Crippen molar-refractivity contribution in [3.05, 3.63) is 86.5 Å². The number of halogens is 1. The van der Waals surface area contributed by atoms with Crippen molar-refractivity contribution >= 4 is 22.9 Å². The zero-order valence-corrected chi connectivity index (χ0v) is 14.1. The normalized spacial score (nSPS) is 12.8. The molecule has 1 aliphatic rings. The van der Waals surface area contributed by atoms with Crippen LogP contribution in [0, 0.1) is 17.0 Å². The average molecular weight is 353 g/mol. The van der Waals surface area contributed by atoms with Crippen molar-refractivity contribution in [1.29, 1.82) is 0 Å². The summed E-state index contributed by atoms with van der Waals surface area (Å²) in [5, 5.41) is 20.2. The SMILES string of the molecule is Cc1nnc2n1-c1ccc([N+](=O)[O-])cc1C(c1ccccc1Cl)=CC2. The highest BCUT2D eigenvalue weighted by Gasteiger charge is 2.23. The van der Waals surface area contributed by atoms with E-state index in [1.807, 2.05) is 41.8 Å². The molecule has 0 saturated carbocycles. The van der Waals surface area contributed by atoms with Crippen molar-refractivity contribution in [3.8, 4) is 5.69 Å². The van der Waals surface area contributed by atoms with Crippen molar-refractivity contribution in [2.24, 2.45) is 0 Å². The molecule has 0 atom stereocenters. The molecule has 1 aromatic heterocycles. The van der Waals surface area contributed by atoms with Gasteiger partial charge in [0, 0.05) is 34.7 Å². The fourth-order valence-corrected chi connectivity index (χ4v) is 3.38. The van der Waals surface area contributed by atoms with Gasteiger partial charge in [0.25, 0.3) is 5.69 Å². The third-order valence-corrected chi connectivity index (χ3v) is 4.60. The second kappa shape index (κ2) is 5.82. The Labute approximate surface area is 148 Å². The van der Waals surface area contributed by atoms with E-state index < -0.39 is 4.92 Å². The molecule has 0 fully saturated rings. The van der Waals surface area contributed by atoms with E-state index in [4.69, 9.17) is 11.6 Å². The van der Waals surface area contributed by atoms with Gasteiger partial charge in [-0.1, -0.05) is 35.9 Å². The minimum atomic E-state index is -0.394. The second-order valence-corrected chi connectivity index (χ2v) is 6.17. The molecule has 0 unspecified atom stereocenters. The standard InChI is InChI=1S/C18H13ClN4O2/c1-11-20-21-18-9-7-13(14-4-2-3-5-16(14)19)15-10-12(23(24)25)6-8-17(15)22(11)18/h2-8,10H,9H2,1H3. The van der Waals surface area contributed by atoms with Gasteiger partial charge in [-0.05, 0) is 24.6 Å².